The molecule has 36 heavy (non-hydrogen) atoms. The molecule has 1 saturated heterocycles. The van der Waals surface area contributed by atoms with Crippen LogP contribution in [-0.2, 0) is 9.59 Å². The van der Waals surface area contributed by atoms with Crippen LogP contribution in [0.25, 0.3) is 16.0 Å². The van der Waals surface area contributed by atoms with Gasteiger partial charge in [0, 0.05) is 5.56 Å². The molecule has 2 heterocycles. The van der Waals surface area contributed by atoms with Gasteiger partial charge >= 0.3 is 5.91 Å². The highest BCUT2D eigenvalue weighted by Gasteiger charge is 2.48. The van der Waals surface area contributed by atoms with E-state index in [1.165, 1.54) is 40.5 Å². The standard InChI is InChI=1S/C28H21FN2O4S/c1-3-13-35-20-6-4-5-18(15-20)24-23(25(32)17-8-10-19(29)11-9-17)26(33)27(34)31(24)28-30-21-12-7-16(2)14-22(21)36-28/h3-12,14-15,24,32H,1,13H2,2H3/b25-23+. The summed E-state index contributed by atoms with van der Waals surface area (Å²) in [4.78, 5) is 32.6. The van der Waals surface area contributed by atoms with Gasteiger partial charge in [0.05, 0.1) is 21.8 Å². The first-order valence-corrected chi connectivity index (χ1v) is 12.0. The first kappa shape index (κ1) is 23.4. The number of ketones is 1. The SMILES string of the molecule is C=CCOc1cccc(C2/C(=C(\O)c3ccc(F)cc3)C(=O)C(=O)N2c2nc3ccc(C)cc3s2)c1. The smallest absolute Gasteiger partial charge is 0.301 e. The molecule has 0 saturated carbocycles. The van der Waals surface area contributed by atoms with Gasteiger partial charge in [0.1, 0.15) is 23.9 Å². The Kier molecular flexibility index (Phi) is 6.12. The Hall–Kier alpha value is -4.30. The van der Waals surface area contributed by atoms with Crippen molar-refractivity contribution in [1.29, 1.82) is 0 Å². The Morgan fingerprint density at radius 2 is 1.94 bits per heavy atom. The van der Waals surface area contributed by atoms with Crippen LogP contribution in [-0.4, -0.2) is 28.4 Å². The van der Waals surface area contributed by atoms with Gasteiger partial charge in [-0.15, -0.1) is 0 Å². The second-order valence-corrected chi connectivity index (χ2v) is 9.32. The molecule has 1 aliphatic heterocycles. The van der Waals surface area contributed by atoms with Crippen LogP contribution in [0.15, 0.2) is 85.0 Å². The zero-order chi connectivity index (χ0) is 25.4. The van der Waals surface area contributed by atoms with Gasteiger partial charge < -0.3 is 9.84 Å². The first-order valence-electron chi connectivity index (χ1n) is 11.1. The number of ether oxygens (including phenoxy) is 1. The zero-order valence-electron chi connectivity index (χ0n) is 19.3. The number of nitrogens with zero attached hydrogens (tertiary/aromatic N) is 2. The molecule has 0 radical (unpaired) electrons. The summed E-state index contributed by atoms with van der Waals surface area (Å²) in [5, 5.41) is 11.5. The maximum atomic E-state index is 13.5. The second-order valence-electron chi connectivity index (χ2n) is 8.32. The Morgan fingerprint density at radius 1 is 1.17 bits per heavy atom. The Labute approximate surface area is 210 Å². The van der Waals surface area contributed by atoms with E-state index >= 15 is 0 Å². The van der Waals surface area contributed by atoms with Crippen molar-refractivity contribution >= 4 is 44.1 Å². The molecule has 8 heteroatoms. The fourth-order valence-corrected chi connectivity index (χ4v) is 5.25. The van der Waals surface area contributed by atoms with Gasteiger partial charge in [-0.05, 0) is 66.6 Å². The number of aromatic nitrogens is 1. The highest BCUT2D eigenvalue weighted by atomic mass is 32.1. The number of aliphatic hydroxyl groups is 1. The number of rotatable bonds is 6. The molecule has 0 bridgehead atoms. The number of halogens is 1. The van der Waals surface area contributed by atoms with E-state index in [1.807, 2.05) is 25.1 Å². The fraction of sp³-hybridized carbons (Fsp3) is 0.107. The van der Waals surface area contributed by atoms with Crippen LogP contribution >= 0.6 is 11.3 Å². The van der Waals surface area contributed by atoms with Gasteiger partial charge in [-0.25, -0.2) is 9.37 Å². The summed E-state index contributed by atoms with van der Waals surface area (Å²) >= 11 is 1.29. The fourth-order valence-electron chi connectivity index (χ4n) is 4.16. The molecule has 1 aliphatic rings. The van der Waals surface area contributed by atoms with E-state index < -0.39 is 29.3 Å². The van der Waals surface area contributed by atoms with Crippen molar-refractivity contribution in [2.75, 3.05) is 11.5 Å². The Morgan fingerprint density at radius 3 is 2.69 bits per heavy atom. The minimum absolute atomic E-state index is 0.108. The highest BCUT2D eigenvalue weighted by Crippen LogP contribution is 2.44. The van der Waals surface area contributed by atoms with Crippen molar-refractivity contribution in [3.8, 4) is 5.75 Å². The number of aryl methyl sites for hydroxylation is 1. The van der Waals surface area contributed by atoms with Crippen molar-refractivity contribution in [3.05, 3.63) is 107 Å². The average Bonchev–Trinajstić information content (AvgIpc) is 3.40. The van der Waals surface area contributed by atoms with E-state index in [1.54, 1.807) is 30.3 Å². The number of fused-ring (bicyclic) bond motifs is 1. The number of thiazole rings is 1. The summed E-state index contributed by atoms with van der Waals surface area (Å²) in [6.45, 7) is 5.89. The summed E-state index contributed by atoms with van der Waals surface area (Å²) in [6.07, 6.45) is 1.61. The van der Waals surface area contributed by atoms with Crippen molar-refractivity contribution in [3.63, 3.8) is 0 Å². The minimum atomic E-state index is -0.969. The summed E-state index contributed by atoms with van der Waals surface area (Å²) < 4.78 is 20.0. The number of anilines is 1. The number of carbonyl (C=O) groups is 2. The van der Waals surface area contributed by atoms with Gasteiger partial charge in [0.2, 0.25) is 0 Å². The molecule has 1 fully saturated rings. The molecular weight excluding hydrogens is 479 g/mol. The molecule has 5 rings (SSSR count). The lowest BCUT2D eigenvalue weighted by Gasteiger charge is -2.23. The Bertz CT molecular complexity index is 1540. The maximum Gasteiger partial charge on any atom is 0.301 e. The lowest BCUT2D eigenvalue weighted by atomic mass is 9.95. The summed E-state index contributed by atoms with van der Waals surface area (Å²) in [7, 11) is 0. The van der Waals surface area contributed by atoms with Crippen molar-refractivity contribution < 1.29 is 23.8 Å². The molecule has 1 unspecified atom stereocenters. The average molecular weight is 501 g/mol. The number of carbonyl (C=O) groups excluding carboxylic acids is 2. The van der Waals surface area contributed by atoms with E-state index in [0.29, 0.717) is 22.0 Å². The predicted octanol–water partition coefficient (Wildman–Crippen LogP) is 5.93. The van der Waals surface area contributed by atoms with Crippen LogP contribution in [0, 0.1) is 12.7 Å². The Balaban J connectivity index is 1.71. The number of hydrogen-bond donors (Lipinski definition) is 1. The molecule has 0 aliphatic carbocycles. The number of hydrogen-bond acceptors (Lipinski definition) is 6. The third kappa shape index (κ3) is 4.16. The quantitative estimate of drug-likeness (QED) is 0.154. The predicted molar refractivity (Wildman–Crippen MR) is 138 cm³/mol. The molecule has 0 spiro atoms. The maximum absolute atomic E-state index is 13.5. The molecule has 180 valence electrons. The monoisotopic (exact) mass is 500 g/mol. The normalized spacial score (nSPS) is 17.1. The third-order valence-electron chi connectivity index (χ3n) is 5.84. The molecule has 3 aromatic carbocycles. The number of amides is 1. The highest BCUT2D eigenvalue weighted by molar-refractivity contribution is 7.22. The molecule has 1 N–H and O–H groups in total. The molecule has 6 nitrogen and oxygen atoms in total. The van der Waals surface area contributed by atoms with E-state index in [9.17, 15) is 19.1 Å². The van der Waals surface area contributed by atoms with Crippen LogP contribution in [0.1, 0.15) is 22.7 Å². The van der Waals surface area contributed by atoms with Gasteiger partial charge in [-0.2, -0.15) is 0 Å². The van der Waals surface area contributed by atoms with Crippen LogP contribution < -0.4 is 9.64 Å². The van der Waals surface area contributed by atoms with E-state index in [0.717, 1.165) is 10.3 Å². The van der Waals surface area contributed by atoms with E-state index in [4.69, 9.17) is 4.74 Å². The van der Waals surface area contributed by atoms with E-state index in [-0.39, 0.29) is 17.7 Å². The topological polar surface area (TPSA) is 79.7 Å². The van der Waals surface area contributed by atoms with Crippen molar-refractivity contribution in [1.82, 2.24) is 4.98 Å². The summed E-state index contributed by atoms with van der Waals surface area (Å²) in [6, 6.07) is 16.8. The number of aliphatic hydroxyl groups excluding tert-OH is 1. The second kappa shape index (κ2) is 9.39. The van der Waals surface area contributed by atoms with Crippen molar-refractivity contribution in [2.24, 2.45) is 0 Å². The summed E-state index contributed by atoms with van der Waals surface area (Å²) in [5.74, 6) is -2.03. The minimum Gasteiger partial charge on any atom is -0.507 e. The van der Waals surface area contributed by atoms with Crippen LogP contribution in [0.3, 0.4) is 0 Å². The molecular formula is C28H21FN2O4S. The van der Waals surface area contributed by atoms with Gasteiger partial charge in [-0.3, -0.25) is 14.5 Å². The molecule has 1 amide bonds. The summed E-state index contributed by atoms with van der Waals surface area (Å²) in [5.41, 5.74) is 2.40. The van der Waals surface area contributed by atoms with Crippen LogP contribution in [0.4, 0.5) is 9.52 Å². The largest absolute Gasteiger partial charge is 0.507 e. The lowest BCUT2D eigenvalue weighted by Crippen LogP contribution is -2.29. The van der Waals surface area contributed by atoms with Gasteiger partial charge in [0.15, 0.2) is 5.13 Å². The van der Waals surface area contributed by atoms with E-state index in [2.05, 4.69) is 11.6 Å². The van der Waals surface area contributed by atoms with Gasteiger partial charge in [-0.1, -0.05) is 42.2 Å². The number of benzene rings is 3. The van der Waals surface area contributed by atoms with Crippen molar-refractivity contribution in [2.45, 2.75) is 13.0 Å². The molecule has 1 aromatic heterocycles. The molecule has 1 atom stereocenters. The third-order valence-corrected chi connectivity index (χ3v) is 6.86. The number of Topliss-reactive ketones (excluding diaryl/α,β-unsaturated/α-hetero) is 1. The first-order chi connectivity index (χ1) is 17.4. The molecule has 4 aromatic rings. The van der Waals surface area contributed by atoms with Gasteiger partial charge in [0.25, 0.3) is 5.78 Å². The lowest BCUT2D eigenvalue weighted by molar-refractivity contribution is -0.132. The van der Waals surface area contributed by atoms with Crippen LogP contribution in [0.5, 0.6) is 5.75 Å². The zero-order valence-corrected chi connectivity index (χ0v) is 20.1. The van der Waals surface area contributed by atoms with Crippen LogP contribution in [0.2, 0.25) is 0 Å².